The number of pyridine rings is 1. The molecule has 4 rings (SSSR count). The Kier molecular flexibility index (Phi) is 3.10. The van der Waals surface area contributed by atoms with Gasteiger partial charge in [0, 0.05) is 6.20 Å². The number of fused-ring (bicyclic) bond motifs is 2. The lowest BCUT2D eigenvalue weighted by atomic mass is 9.86. The van der Waals surface area contributed by atoms with Gasteiger partial charge in [0.05, 0.1) is 31.0 Å². The molecule has 1 aromatic carbocycles. The number of rotatable bonds is 2. The molecular weight excluding hydrogens is 276 g/mol. The fourth-order valence-electron chi connectivity index (χ4n) is 3.61. The Balaban J connectivity index is 1.70. The van der Waals surface area contributed by atoms with Crippen LogP contribution in [0, 0.1) is 0 Å². The standard InChI is InChI=1S/C18H18N2O2/c1-22-13-7-8-14-12(10-13)4-2-6-17(14)20-11-16-15(18(20)21)5-3-9-19-16/h3,5,7-10,17H,2,4,6,11H2,1H3/t17-/m0/s1. The van der Waals surface area contributed by atoms with Gasteiger partial charge < -0.3 is 9.64 Å². The Morgan fingerprint density at radius 1 is 1.32 bits per heavy atom. The third-order valence-corrected chi connectivity index (χ3v) is 4.71. The molecule has 0 N–H and O–H groups in total. The van der Waals surface area contributed by atoms with Crippen LogP contribution in [0.3, 0.4) is 0 Å². The van der Waals surface area contributed by atoms with Crippen LogP contribution >= 0.6 is 0 Å². The van der Waals surface area contributed by atoms with Crippen LogP contribution in [-0.2, 0) is 13.0 Å². The molecule has 0 bridgehead atoms. The van der Waals surface area contributed by atoms with Gasteiger partial charge in [-0.1, -0.05) is 6.07 Å². The van der Waals surface area contributed by atoms with Crippen molar-refractivity contribution in [2.24, 2.45) is 0 Å². The molecule has 0 saturated heterocycles. The van der Waals surface area contributed by atoms with E-state index >= 15 is 0 Å². The van der Waals surface area contributed by atoms with E-state index in [0.29, 0.717) is 6.54 Å². The smallest absolute Gasteiger partial charge is 0.256 e. The quantitative estimate of drug-likeness (QED) is 0.854. The minimum Gasteiger partial charge on any atom is -0.497 e. The molecule has 0 unspecified atom stereocenters. The van der Waals surface area contributed by atoms with E-state index in [2.05, 4.69) is 17.1 Å². The number of aryl methyl sites for hydroxylation is 1. The molecule has 4 nitrogen and oxygen atoms in total. The van der Waals surface area contributed by atoms with Gasteiger partial charge in [-0.2, -0.15) is 0 Å². The molecule has 0 saturated carbocycles. The number of hydrogen-bond acceptors (Lipinski definition) is 3. The van der Waals surface area contributed by atoms with Gasteiger partial charge in [0.1, 0.15) is 5.75 Å². The third-order valence-electron chi connectivity index (χ3n) is 4.71. The van der Waals surface area contributed by atoms with Gasteiger partial charge in [0.25, 0.3) is 5.91 Å². The second-order valence-electron chi connectivity index (χ2n) is 5.90. The summed E-state index contributed by atoms with van der Waals surface area (Å²) in [6, 6.07) is 10.1. The number of carbonyl (C=O) groups excluding carboxylic acids is 1. The zero-order chi connectivity index (χ0) is 15.1. The lowest BCUT2D eigenvalue weighted by Gasteiger charge is -2.33. The molecule has 2 aromatic rings. The second-order valence-corrected chi connectivity index (χ2v) is 5.90. The van der Waals surface area contributed by atoms with E-state index in [0.717, 1.165) is 36.3 Å². The van der Waals surface area contributed by atoms with Crippen LogP contribution < -0.4 is 4.74 Å². The van der Waals surface area contributed by atoms with E-state index in [1.165, 1.54) is 11.1 Å². The number of methoxy groups -OCH3 is 1. The van der Waals surface area contributed by atoms with Crippen molar-refractivity contribution < 1.29 is 9.53 Å². The largest absolute Gasteiger partial charge is 0.497 e. The second kappa shape index (κ2) is 5.13. The van der Waals surface area contributed by atoms with Gasteiger partial charge in [0.2, 0.25) is 0 Å². The molecule has 4 heteroatoms. The van der Waals surface area contributed by atoms with Crippen LogP contribution in [0.5, 0.6) is 5.75 Å². The molecule has 22 heavy (non-hydrogen) atoms. The van der Waals surface area contributed by atoms with Gasteiger partial charge in [-0.05, 0) is 54.7 Å². The molecule has 1 amide bonds. The van der Waals surface area contributed by atoms with Crippen LogP contribution in [0.4, 0.5) is 0 Å². The fourth-order valence-corrected chi connectivity index (χ4v) is 3.61. The summed E-state index contributed by atoms with van der Waals surface area (Å²) in [5, 5.41) is 0. The highest BCUT2D eigenvalue weighted by Gasteiger charge is 2.36. The molecule has 0 radical (unpaired) electrons. The minimum atomic E-state index is 0.108. The Bertz CT molecular complexity index is 742. The maximum atomic E-state index is 12.7. The SMILES string of the molecule is COc1ccc2c(c1)CCC[C@@H]2N1Cc2ncccc2C1=O. The van der Waals surface area contributed by atoms with Gasteiger partial charge in [-0.15, -0.1) is 0 Å². The van der Waals surface area contributed by atoms with Crippen LogP contribution in [0.2, 0.25) is 0 Å². The Morgan fingerprint density at radius 3 is 3.05 bits per heavy atom. The number of hydrogen-bond donors (Lipinski definition) is 0. The van der Waals surface area contributed by atoms with Crippen molar-refractivity contribution in [2.45, 2.75) is 31.8 Å². The fraction of sp³-hybridized carbons (Fsp3) is 0.333. The van der Waals surface area contributed by atoms with Crippen LogP contribution in [0.1, 0.15) is 46.1 Å². The number of aromatic nitrogens is 1. The van der Waals surface area contributed by atoms with Crippen molar-refractivity contribution in [1.29, 1.82) is 0 Å². The summed E-state index contributed by atoms with van der Waals surface area (Å²) >= 11 is 0. The maximum absolute atomic E-state index is 12.7. The summed E-state index contributed by atoms with van der Waals surface area (Å²) < 4.78 is 5.32. The predicted molar refractivity (Wildman–Crippen MR) is 82.8 cm³/mol. The molecule has 1 aliphatic heterocycles. The molecule has 2 aliphatic rings. The molecular formula is C18H18N2O2. The average Bonchev–Trinajstić information content (AvgIpc) is 2.91. The number of amides is 1. The zero-order valence-corrected chi connectivity index (χ0v) is 12.6. The highest BCUT2D eigenvalue weighted by molar-refractivity contribution is 5.98. The van der Waals surface area contributed by atoms with E-state index in [4.69, 9.17) is 4.74 Å². The Hall–Kier alpha value is -2.36. The molecule has 1 atom stereocenters. The molecule has 1 aromatic heterocycles. The number of ether oxygens (including phenoxy) is 1. The average molecular weight is 294 g/mol. The summed E-state index contributed by atoms with van der Waals surface area (Å²) in [6.45, 7) is 0.616. The zero-order valence-electron chi connectivity index (χ0n) is 12.6. The van der Waals surface area contributed by atoms with Crippen molar-refractivity contribution in [3.8, 4) is 5.75 Å². The normalized spacial score (nSPS) is 19.8. The summed E-state index contributed by atoms with van der Waals surface area (Å²) in [4.78, 5) is 19.0. The summed E-state index contributed by atoms with van der Waals surface area (Å²) in [7, 11) is 1.69. The summed E-state index contributed by atoms with van der Waals surface area (Å²) in [6.07, 6.45) is 4.92. The molecule has 0 fully saturated rings. The van der Waals surface area contributed by atoms with Crippen molar-refractivity contribution in [1.82, 2.24) is 9.88 Å². The van der Waals surface area contributed by atoms with Crippen molar-refractivity contribution in [2.75, 3.05) is 7.11 Å². The van der Waals surface area contributed by atoms with Crippen molar-refractivity contribution in [3.63, 3.8) is 0 Å². The highest BCUT2D eigenvalue weighted by Crippen LogP contribution is 2.39. The predicted octanol–water partition coefficient (Wildman–Crippen LogP) is 3.12. The van der Waals surface area contributed by atoms with E-state index in [9.17, 15) is 4.79 Å². The first-order valence-electron chi connectivity index (χ1n) is 7.69. The monoisotopic (exact) mass is 294 g/mol. The van der Waals surface area contributed by atoms with Crippen molar-refractivity contribution in [3.05, 3.63) is 58.9 Å². The Morgan fingerprint density at radius 2 is 2.23 bits per heavy atom. The topological polar surface area (TPSA) is 42.4 Å². The first kappa shape index (κ1) is 13.3. The Labute approximate surface area is 129 Å². The van der Waals surface area contributed by atoms with Crippen LogP contribution in [0.25, 0.3) is 0 Å². The minimum absolute atomic E-state index is 0.108. The van der Waals surface area contributed by atoms with Gasteiger partial charge in [-0.3, -0.25) is 9.78 Å². The maximum Gasteiger partial charge on any atom is 0.256 e. The van der Waals surface area contributed by atoms with E-state index in [1.54, 1.807) is 13.3 Å². The first-order chi connectivity index (χ1) is 10.8. The first-order valence-corrected chi connectivity index (χ1v) is 7.69. The lowest BCUT2D eigenvalue weighted by molar-refractivity contribution is 0.0682. The number of benzene rings is 1. The highest BCUT2D eigenvalue weighted by atomic mass is 16.5. The molecule has 0 spiro atoms. The lowest BCUT2D eigenvalue weighted by Crippen LogP contribution is -2.31. The van der Waals surface area contributed by atoms with E-state index in [-0.39, 0.29) is 11.9 Å². The molecule has 1 aliphatic carbocycles. The van der Waals surface area contributed by atoms with Gasteiger partial charge >= 0.3 is 0 Å². The van der Waals surface area contributed by atoms with Gasteiger partial charge in [-0.25, -0.2) is 0 Å². The van der Waals surface area contributed by atoms with E-state index in [1.807, 2.05) is 23.1 Å². The van der Waals surface area contributed by atoms with Crippen LogP contribution in [0.15, 0.2) is 36.5 Å². The number of nitrogens with zero attached hydrogens (tertiary/aromatic N) is 2. The summed E-state index contributed by atoms with van der Waals surface area (Å²) in [5.41, 5.74) is 4.21. The molecule has 112 valence electrons. The summed E-state index contributed by atoms with van der Waals surface area (Å²) in [5.74, 6) is 0.994. The van der Waals surface area contributed by atoms with E-state index < -0.39 is 0 Å². The van der Waals surface area contributed by atoms with Crippen molar-refractivity contribution >= 4 is 5.91 Å². The van der Waals surface area contributed by atoms with Gasteiger partial charge in [0.15, 0.2) is 0 Å². The third kappa shape index (κ3) is 1.98. The number of carbonyl (C=O) groups is 1. The van der Waals surface area contributed by atoms with Crippen LogP contribution in [-0.4, -0.2) is 22.9 Å². The molecule has 2 heterocycles.